The van der Waals surface area contributed by atoms with Gasteiger partial charge in [0.1, 0.15) is 5.75 Å². The topological polar surface area (TPSA) is 123 Å². The van der Waals surface area contributed by atoms with Crippen LogP contribution in [0.25, 0.3) is 11.4 Å². The third-order valence-electron chi connectivity index (χ3n) is 3.59. The highest BCUT2D eigenvalue weighted by molar-refractivity contribution is 7.99. The number of nitro benzene ring substituents is 1. The molecule has 11 heteroatoms. The Kier molecular flexibility index (Phi) is 5.84. The lowest BCUT2D eigenvalue weighted by atomic mass is 10.2. The number of rotatable bonds is 7. The van der Waals surface area contributed by atoms with Gasteiger partial charge in [-0.05, 0) is 36.4 Å². The van der Waals surface area contributed by atoms with Gasteiger partial charge in [0.15, 0.2) is 5.82 Å². The van der Waals surface area contributed by atoms with Gasteiger partial charge in [0.2, 0.25) is 16.9 Å². The molecule has 1 amide bonds. The first-order chi connectivity index (χ1) is 13.5. The number of nitrogens with one attached hydrogen (secondary N) is 2. The highest BCUT2D eigenvalue weighted by Crippen LogP contribution is 2.23. The first-order valence-corrected chi connectivity index (χ1v) is 8.88. The molecule has 0 spiro atoms. The lowest BCUT2D eigenvalue weighted by Gasteiger charge is -2.04. The van der Waals surface area contributed by atoms with Gasteiger partial charge in [-0.25, -0.2) is 4.98 Å². The minimum atomic E-state index is -0.968. The summed E-state index contributed by atoms with van der Waals surface area (Å²) in [6.45, 7) is 0. The molecular formula is C17H14FN5O4S. The summed E-state index contributed by atoms with van der Waals surface area (Å²) >= 11 is 1.09. The highest BCUT2D eigenvalue weighted by Gasteiger charge is 2.16. The summed E-state index contributed by atoms with van der Waals surface area (Å²) in [5.74, 6) is -0.161. The van der Waals surface area contributed by atoms with Crippen molar-refractivity contribution in [1.29, 1.82) is 0 Å². The van der Waals surface area contributed by atoms with Crippen LogP contribution in [0.4, 0.5) is 15.8 Å². The van der Waals surface area contributed by atoms with Crippen molar-refractivity contribution in [3.63, 3.8) is 0 Å². The van der Waals surface area contributed by atoms with Gasteiger partial charge < -0.3 is 10.1 Å². The Hall–Kier alpha value is -3.47. The molecule has 0 aliphatic carbocycles. The minimum Gasteiger partial charge on any atom is -0.497 e. The monoisotopic (exact) mass is 403 g/mol. The maximum absolute atomic E-state index is 13.3. The van der Waals surface area contributed by atoms with Crippen LogP contribution in [0, 0.1) is 15.9 Å². The molecule has 0 saturated carbocycles. The normalized spacial score (nSPS) is 10.5. The number of aromatic amines is 1. The number of thioether (sulfide) groups is 1. The van der Waals surface area contributed by atoms with Crippen LogP contribution in [0.15, 0.2) is 47.6 Å². The molecule has 0 fully saturated rings. The van der Waals surface area contributed by atoms with Gasteiger partial charge in [0, 0.05) is 17.3 Å². The Morgan fingerprint density at radius 1 is 1.32 bits per heavy atom. The van der Waals surface area contributed by atoms with Gasteiger partial charge in [0.25, 0.3) is 0 Å². The van der Waals surface area contributed by atoms with E-state index in [1.165, 1.54) is 6.07 Å². The molecule has 9 nitrogen and oxygen atoms in total. The minimum absolute atomic E-state index is 0.0227. The first-order valence-electron chi connectivity index (χ1n) is 7.89. The molecule has 0 radical (unpaired) electrons. The fourth-order valence-electron chi connectivity index (χ4n) is 2.25. The number of nitro groups is 1. The van der Waals surface area contributed by atoms with Gasteiger partial charge in [-0.1, -0.05) is 11.8 Å². The molecule has 1 aromatic heterocycles. The van der Waals surface area contributed by atoms with Crippen LogP contribution in [0.5, 0.6) is 5.75 Å². The third-order valence-corrected chi connectivity index (χ3v) is 4.43. The molecule has 0 atom stereocenters. The number of hydrogen-bond donors (Lipinski definition) is 2. The molecule has 0 bridgehead atoms. The van der Waals surface area contributed by atoms with E-state index < -0.39 is 22.3 Å². The average Bonchev–Trinajstić information content (AvgIpc) is 3.17. The van der Waals surface area contributed by atoms with Crippen molar-refractivity contribution < 1.29 is 18.8 Å². The molecule has 3 aromatic rings. The fourth-order valence-corrected chi connectivity index (χ4v) is 2.84. The predicted molar refractivity (Wildman–Crippen MR) is 101 cm³/mol. The summed E-state index contributed by atoms with van der Waals surface area (Å²) in [6.07, 6.45) is 0. The molecule has 3 rings (SSSR count). The number of nitrogens with zero attached hydrogens (tertiary/aromatic N) is 3. The van der Waals surface area contributed by atoms with Gasteiger partial charge in [-0.2, -0.15) is 4.39 Å². The van der Waals surface area contributed by atoms with E-state index in [-0.39, 0.29) is 11.4 Å². The van der Waals surface area contributed by atoms with Crippen LogP contribution in [0.3, 0.4) is 0 Å². The molecule has 2 N–H and O–H groups in total. The Morgan fingerprint density at radius 3 is 2.75 bits per heavy atom. The first kappa shape index (κ1) is 19.3. The zero-order chi connectivity index (χ0) is 20.1. The quantitative estimate of drug-likeness (QED) is 0.353. The molecule has 0 unspecified atom stereocenters. The van der Waals surface area contributed by atoms with Crippen LogP contribution < -0.4 is 10.1 Å². The predicted octanol–water partition coefficient (Wildman–Crippen LogP) is 3.26. The van der Waals surface area contributed by atoms with Crippen molar-refractivity contribution in [2.45, 2.75) is 5.16 Å². The number of aromatic nitrogens is 3. The zero-order valence-electron chi connectivity index (χ0n) is 14.5. The van der Waals surface area contributed by atoms with E-state index in [4.69, 9.17) is 4.74 Å². The number of H-pyrrole nitrogens is 1. The number of anilines is 1. The number of amides is 1. The van der Waals surface area contributed by atoms with Crippen molar-refractivity contribution in [3.8, 4) is 17.1 Å². The highest BCUT2D eigenvalue weighted by atomic mass is 32.2. The third kappa shape index (κ3) is 4.62. The van der Waals surface area contributed by atoms with Crippen molar-refractivity contribution in [1.82, 2.24) is 15.2 Å². The SMILES string of the molecule is COc1ccc(-c2nc(SCC(=O)Nc3ccc(F)c([N+](=O)[O-])c3)n[nH]2)cc1. The molecule has 0 aliphatic heterocycles. The zero-order valence-corrected chi connectivity index (χ0v) is 15.3. The summed E-state index contributed by atoms with van der Waals surface area (Å²) < 4.78 is 18.4. The van der Waals surface area contributed by atoms with Crippen molar-refractivity contribution in [3.05, 3.63) is 58.4 Å². The van der Waals surface area contributed by atoms with Crippen LogP contribution in [-0.4, -0.2) is 38.9 Å². The van der Waals surface area contributed by atoms with Gasteiger partial charge in [-0.3, -0.25) is 20.0 Å². The largest absolute Gasteiger partial charge is 0.497 e. The molecule has 28 heavy (non-hydrogen) atoms. The number of carbonyl (C=O) groups is 1. The average molecular weight is 403 g/mol. The van der Waals surface area contributed by atoms with Crippen LogP contribution in [0.1, 0.15) is 0 Å². The van der Waals surface area contributed by atoms with E-state index in [9.17, 15) is 19.3 Å². The summed E-state index contributed by atoms with van der Waals surface area (Å²) in [4.78, 5) is 26.2. The van der Waals surface area contributed by atoms with Crippen LogP contribution in [-0.2, 0) is 4.79 Å². The Bertz CT molecular complexity index is 1010. The van der Waals surface area contributed by atoms with E-state index in [2.05, 4.69) is 20.5 Å². The Labute approximate surface area is 162 Å². The fraction of sp³-hybridized carbons (Fsp3) is 0.118. The second-order valence-corrected chi connectivity index (χ2v) is 6.40. The summed E-state index contributed by atoms with van der Waals surface area (Å²) in [6, 6.07) is 10.4. The van der Waals surface area contributed by atoms with Gasteiger partial charge in [-0.15, -0.1) is 5.10 Å². The standard InChI is InChI=1S/C17H14FN5O4S/c1-27-12-5-2-10(3-6-12)16-20-17(22-21-16)28-9-15(24)19-11-4-7-13(18)14(8-11)23(25)26/h2-8H,9H2,1H3,(H,19,24)(H,20,21,22). The summed E-state index contributed by atoms with van der Waals surface area (Å²) in [5, 5.41) is 20.4. The summed E-state index contributed by atoms with van der Waals surface area (Å²) in [5.41, 5.74) is 0.236. The van der Waals surface area contributed by atoms with Gasteiger partial charge in [0.05, 0.1) is 17.8 Å². The summed E-state index contributed by atoms with van der Waals surface area (Å²) in [7, 11) is 1.58. The van der Waals surface area contributed by atoms with E-state index in [1.807, 2.05) is 12.1 Å². The smallest absolute Gasteiger partial charge is 0.306 e. The van der Waals surface area contributed by atoms with Crippen molar-refractivity contribution >= 4 is 29.0 Å². The number of methoxy groups -OCH3 is 1. The van der Waals surface area contributed by atoms with E-state index in [1.54, 1.807) is 19.2 Å². The second kappa shape index (κ2) is 8.48. The Morgan fingerprint density at radius 2 is 2.07 bits per heavy atom. The van der Waals surface area contributed by atoms with Crippen LogP contribution >= 0.6 is 11.8 Å². The number of ether oxygens (including phenoxy) is 1. The Balaban J connectivity index is 1.58. The maximum Gasteiger partial charge on any atom is 0.306 e. The maximum atomic E-state index is 13.3. The van der Waals surface area contributed by atoms with Crippen LogP contribution in [0.2, 0.25) is 0 Å². The molecule has 1 heterocycles. The molecule has 144 valence electrons. The van der Waals surface area contributed by atoms with E-state index >= 15 is 0 Å². The van der Waals surface area contributed by atoms with Gasteiger partial charge >= 0.3 is 5.69 Å². The second-order valence-electron chi connectivity index (χ2n) is 5.46. The molecule has 0 aliphatic rings. The number of benzene rings is 2. The lowest BCUT2D eigenvalue weighted by molar-refractivity contribution is -0.387. The molecule has 2 aromatic carbocycles. The van der Waals surface area contributed by atoms with Crippen molar-refractivity contribution in [2.75, 3.05) is 18.2 Å². The molecular weight excluding hydrogens is 389 g/mol. The van der Waals surface area contributed by atoms with E-state index in [0.717, 1.165) is 35.2 Å². The number of hydrogen-bond acceptors (Lipinski definition) is 7. The molecule has 0 saturated heterocycles. The number of halogens is 1. The van der Waals surface area contributed by atoms with Crippen molar-refractivity contribution in [2.24, 2.45) is 0 Å². The number of carbonyl (C=O) groups excluding carboxylic acids is 1. The van der Waals surface area contributed by atoms with E-state index in [0.29, 0.717) is 11.0 Å². The lowest BCUT2D eigenvalue weighted by Crippen LogP contribution is -2.14.